The van der Waals surface area contributed by atoms with E-state index in [1.54, 1.807) is 0 Å². The van der Waals surface area contributed by atoms with Gasteiger partial charge in [0.25, 0.3) is 0 Å². The van der Waals surface area contributed by atoms with E-state index in [4.69, 9.17) is 0 Å². The lowest BCUT2D eigenvalue weighted by molar-refractivity contribution is -0.130. The van der Waals surface area contributed by atoms with Crippen LogP contribution in [0.4, 0.5) is 11.4 Å². The minimum absolute atomic E-state index is 0.0686. The van der Waals surface area contributed by atoms with Crippen LogP contribution in [0.2, 0.25) is 0 Å². The first-order valence-corrected chi connectivity index (χ1v) is 8.55. The third-order valence-electron chi connectivity index (χ3n) is 4.75. The summed E-state index contributed by atoms with van der Waals surface area (Å²) in [5, 5.41) is 3.44. The molecule has 126 valence electrons. The van der Waals surface area contributed by atoms with Gasteiger partial charge in [0.05, 0.1) is 24.0 Å². The summed E-state index contributed by atoms with van der Waals surface area (Å²) in [6, 6.07) is 18.5. The van der Waals surface area contributed by atoms with E-state index in [9.17, 15) is 4.79 Å². The van der Waals surface area contributed by atoms with E-state index in [1.165, 1.54) is 0 Å². The topological polar surface area (TPSA) is 35.6 Å². The molecule has 1 aliphatic heterocycles. The third kappa shape index (κ3) is 3.53. The summed E-state index contributed by atoms with van der Waals surface area (Å²) in [6.07, 6.45) is 1.03. The van der Waals surface area contributed by atoms with Crippen molar-refractivity contribution in [3.8, 4) is 0 Å². The van der Waals surface area contributed by atoms with Gasteiger partial charge in [0.15, 0.2) is 0 Å². The second kappa shape index (κ2) is 7.39. The zero-order valence-electron chi connectivity index (χ0n) is 14.4. The Balaban J connectivity index is 1.72. The fraction of sp³-hybridized carbons (Fsp3) is 0.350. The summed E-state index contributed by atoms with van der Waals surface area (Å²) < 4.78 is 0. The highest BCUT2D eigenvalue weighted by Gasteiger charge is 2.22. The Morgan fingerprint density at radius 2 is 1.88 bits per heavy atom. The molecule has 0 aliphatic carbocycles. The Morgan fingerprint density at radius 3 is 2.67 bits per heavy atom. The van der Waals surface area contributed by atoms with E-state index in [0.29, 0.717) is 6.54 Å². The van der Waals surface area contributed by atoms with E-state index >= 15 is 0 Å². The van der Waals surface area contributed by atoms with Crippen molar-refractivity contribution in [2.24, 2.45) is 0 Å². The average molecular weight is 323 g/mol. The van der Waals surface area contributed by atoms with Crippen molar-refractivity contribution in [3.63, 3.8) is 0 Å². The molecule has 2 aromatic rings. The van der Waals surface area contributed by atoms with E-state index in [-0.39, 0.29) is 11.9 Å². The number of carbonyl (C=O) groups is 1. The Bertz CT molecular complexity index is 686. The van der Waals surface area contributed by atoms with Gasteiger partial charge in [-0.2, -0.15) is 0 Å². The van der Waals surface area contributed by atoms with Crippen molar-refractivity contribution < 1.29 is 4.79 Å². The van der Waals surface area contributed by atoms with Gasteiger partial charge in [-0.05, 0) is 31.0 Å². The monoisotopic (exact) mass is 323 g/mol. The van der Waals surface area contributed by atoms with Crippen LogP contribution in [0.3, 0.4) is 0 Å². The number of amides is 1. The molecule has 0 radical (unpaired) electrons. The van der Waals surface area contributed by atoms with Gasteiger partial charge in [-0.25, -0.2) is 0 Å². The van der Waals surface area contributed by atoms with Crippen LogP contribution in [0.25, 0.3) is 0 Å². The van der Waals surface area contributed by atoms with Crippen molar-refractivity contribution in [1.29, 1.82) is 0 Å². The summed E-state index contributed by atoms with van der Waals surface area (Å²) >= 11 is 0. The Labute approximate surface area is 144 Å². The second-order valence-corrected chi connectivity index (χ2v) is 6.31. The van der Waals surface area contributed by atoms with Crippen molar-refractivity contribution in [2.45, 2.75) is 19.4 Å². The number of carbonyl (C=O) groups excluding carboxylic acids is 1. The quantitative estimate of drug-likeness (QED) is 0.935. The normalized spacial score (nSPS) is 15.0. The lowest BCUT2D eigenvalue weighted by Gasteiger charge is -2.30. The summed E-state index contributed by atoms with van der Waals surface area (Å²) in [7, 11) is 1.89. The minimum Gasteiger partial charge on any atom is -0.383 e. The molecule has 4 nitrogen and oxygen atoms in total. The van der Waals surface area contributed by atoms with Crippen LogP contribution in [-0.4, -0.2) is 37.5 Å². The first kappa shape index (κ1) is 16.4. The lowest BCUT2D eigenvalue weighted by Crippen LogP contribution is -2.40. The molecule has 0 saturated heterocycles. The standard InChI is InChI=1S/C20H25N3O/c1-16(17-9-4-3-5-10-17)22(2)20(24)15-23-14-8-13-21-18-11-6-7-12-19(18)23/h3-7,9-12,16,21H,8,13-15H2,1-2H3. The number of benzene rings is 2. The summed E-state index contributed by atoms with van der Waals surface area (Å²) in [5.41, 5.74) is 3.39. The molecule has 4 heteroatoms. The average Bonchev–Trinajstić information content (AvgIpc) is 2.83. The number of anilines is 2. The summed E-state index contributed by atoms with van der Waals surface area (Å²) in [4.78, 5) is 16.8. The number of hydrogen-bond donors (Lipinski definition) is 1. The molecule has 1 atom stereocenters. The van der Waals surface area contributed by atoms with Crippen molar-refractivity contribution >= 4 is 17.3 Å². The van der Waals surface area contributed by atoms with Crippen LogP contribution in [0.15, 0.2) is 54.6 Å². The maximum absolute atomic E-state index is 12.8. The van der Waals surface area contributed by atoms with Gasteiger partial charge >= 0.3 is 0 Å². The molecule has 3 rings (SSSR count). The molecule has 1 heterocycles. The van der Waals surface area contributed by atoms with Crippen LogP contribution >= 0.6 is 0 Å². The predicted octanol–water partition coefficient (Wildman–Crippen LogP) is 3.53. The van der Waals surface area contributed by atoms with Gasteiger partial charge in [0, 0.05) is 20.1 Å². The summed E-state index contributed by atoms with van der Waals surface area (Å²) in [5.74, 6) is 0.142. The molecule has 0 fully saturated rings. The van der Waals surface area contributed by atoms with Gasteiger partial charge < -0.3 is 15.1 Å². The molecule has 2 aromatic carbocycles. The SMILES string of the molecule is CC(c1ccccc1)N(C)C(=O)CN1CCCNc2ccccc21. The predicted molar refractivity (Wildman–Crippen MR) is 99.4 cm³/mol. The Hall–Kier alpha value is -2.49. The Kier molecular flexibility index (Phi) is 5.04. The van der Waals surface area contributed by atoms with Crippen molar-refractivity contribution in [2.75, 3.05) is 36.9 Å². The number of hydrogen-bond acceptors (Lipinski definition) is 3. The van der Waals surface area contributed by atoms with E-state index in [2.05, 4.69) is 41.4 Å². The zero-order chi connectivity index (χ0) is 16.9. The van der Waals surface area contributed by atoms with E-state index < -0.39 is 0 Å². The zero-order valence-corrected chi connectivity index (χ0v) is 14.4. The molecule has 24 heavy (non-hydrogen) atoms. The summed E-state index contributed by atoms with van der Waals surface area (Å²) in [6.45, 7) is 4.32. The van der Waals surface area contributed by atoms with Gasteiger partial charge in [-0.1, -0.05) is 42.5 Å². The maximum atomic E-state index is 12.8. The molecule has 1 amide bonds. The van der Waals surface area contributed by atoms with Crippen LogP contribution in [0.1, 0.15) is 24.9 Å². The molecule has 0 saturated carbocycles. The molecule has 0 spiro atoms. The molecular formula is C20H25N3O. The number of para-hydroxylation sites is 2. The first-order valence-electron chi connectivity index (χ1n) is 8.55. The Morgan fingerprint density at radius 1 is 1.17 bits per heavy atom. The molecule has 1 N–H and O–H groups in total. The van der Waals surface area contributed by atoms with Crippen LogP contribution in [-0.2, 0) is 4.79 Å². The largest absolute Gasteiger partial charge is 0.383 e. The molecule has 0 bridgehead atoms. The van der Waals surface area contributed by atoms with Gasteiger partial charge in [0.1, 0.15) is 0 Å². The van der Waals surface area contributed by atoms with Crippen molar-refractivity contribution in [3.05, 3.63) is 60.2 Å². The molecule has 1 unspecified atom stereocenters. The smallest absolute Gasteiger partial charge is 0.242 e. The lowest BCUT2D eigenvalue weighted by atomic mass is 10.1. The highest BCUT2D eigenvalue weighted by molar-refractivity contribution is 5.84. The van der Waals surface area contributed by atoms with Gasteiger partial charge in [-0.3, -0.25) is 4.79 Å². The molecule has 0 aromatic heterocycles. The van der Waals surface area contributed by atoms with Crippen molar-refractivity contribution in [1.82, 2.24) is 4.90 Å². The molecular weight excluding hydrogens is 298 g/mol. The fourth-order valence-corrected chi connectivity index (χ4v) is 3.12. The minimum atomic E-state index is 0.0686. The number of rotatable bonds is 4. The van der Waals surface area contributed by atoms with Gasteiger partial charge in [0.2, 0.25) is 5.91 Å². The fourth-order valence-electron chi connectivity index (χ4n) is 3.12. The highest BCUT2D eigenvalue weighted by atomic mass is 16.2. The van der Waals surface area contributed by atoms with Gasteiger partial charge in [-0.15, -0.1) is 0 Å². The number of nitrogens with one attached hydrogen (secondary N) is 1. The van der Waals surface area contributed by atoms with Crippen LogP contribution < -0.4 is 10.2 Å². The van der Waals surface area contributed by atoms with E-state index in [1.807, 2.05) is 42.3 Å². The maximum Gasteiger partial charge on any atom is 0.242 e. The second-order valence-electron chi connectivity index (χ2n) is 6.31. The number of nitrogens with zero attached hydrogens (tertiary/aromatic N) is 2. The number of likely N-dealkylation sites (N-methyl/N-ethyl adjacent to an activating group) is 1. The van der Waals surface area contributed by atoms with E-state index in [0.717, 1.165) is 36.4 Å². The third-order valence-corrected chi connectivity index (χ3v) is 4.75. The van der Waals surface area contributed by atoms with Crippen LogP contribution in [0, 0.1) is 0 Å². The van der Waals surface area contributed by atoms with Crippen LogP contribution in [0.5, 0.6) is 0 Å². The molecule has 1 aliphatic rings. The number of fused-ring (bicyclic) bond motifs is 1. The highest BCUT2D eigenvalue weighted by Crippen LogP contribution is 2.28. The first-order chi connectivity index (χ1) is 11.7.